The molecule has 4 heteroatoms. The highest BCUT2D eigenvalue weighted by Gasteiger charge is 2.57. The molecule has 4 saturated carbocycles. The Morgan fingerprint density at radius 2 is 2.03 bits per heavy atom. The van der Waals surface area contributed by atoms with Crippen molar-refractivity contribution in [2.75, 3.05) is 0 Å². The van der Waals surface area contributed by atoms with Crippen LogP contribution in [0.3, 0.4) is 0 Å². The quantitative estimate of drug-likeness (QED) is 0.594. The van der Waals surface area contributed by atoms with Crippen molar-refractivity contribution in [2.24, 2.45) is 40.9 Å². The van der Waals surface area contributed by atoms with Crippen LogP contribution in [0.2, 0.25) is 0 Å². The van der Waals surface area contributed by atoms with Crippen molar-refractivity contribution in [3.8, 4) is 0 Å². The maximum Gasteiger partial charge on any atom is 0.156 e. The number of hydrogen-bond acceptors (Lipinski definition) is 3. The third kappa shape index (κ3) is 3.61. The Labute approximate surface area is 192 Å². The average Bonchev–Trinajstić information content (AvgIpc) is 3.34. The van der Waals surface area contributed by atoms with E-state index in [9.17, 15) is 9.90 Å². The van der Waals surface area contributed by atoms with Crippen molar-refractivity contribution < 1.29 is 9.90 Å². The molecule has 1 aromatic heterocycles. The zero-order chi connectivity index (χ0) is 21.9. The van der Waals surface area contributed by atoms with E-state index in [-0.39, 0.29) is 11.3 Å². The fourth-order valence-electron chi connectivity index (χ4n) is 8.66. The molecular formula is C28H40N2O2. The molecule has 5 aliphatic rings. The molecule has 0 bridgehead atoms. The second-order valence-corrected chi connectivity index (χ2v) is 12.4. The van der Waals surface area contributed by atoms with Crippen molar-refractivity contribution in [1.82, 2.24) is 9.55 Å². The van der Waals surface area contributed by atoms with E-state index in [1.54, 1.807) is 18.1 Å². The Bertz CT molecular complexity index is 887. The number of Topliss-reactive ketones (excluding diaryl/α,β-unsaturated/α-hetero) is 1. The fraction of sp³-hybridized carbons (Fsp3) is 0.786. The predicted octanol–water partition coefficient (Wildman–Crippen LogP) is 5.56. The number of imidazole rings is 1. The minimum absolute atomic E-state index is 0.170. The van der Waals surface area contributed by atoms with Crippen molar-refractivity contribution in [3.63, 3.8) is 0 Å². The van der Waals surface area contributed by atoms with Gasteiger partial charge in [-0.25, -0.2) is 4.98 Å². The number of aliphatic hydroxyl groups is 1. The summed E-state index contributed by atoms with van der Waals surface area (Å²) < 4.78 is 1.94. The third-order valence-electron chi connectivity index (χ3n) is 10.6. The van der Waals surface area contributed by atoms with E-state index < -0.39 is 5.60 Å². The van der Waals surface area contributed by atoms with E-state index in [1.165, 1.54) is 51.4 Å². The topological polar surface area (TPSA) is 55.1 Å². The maximum absolute atomic E-state index is 13.3. The number of carbonyl (C=O) groups excluding carboxylic acids is 1. The van der Waals surface area contributed by atoms with E-state index in [0.29, 0.717) is 24.2 Å². The van der Waals surface area contributed by atoms with Gasteiger partial charge in [-0.05, 0) is 99.2 Å². The van der Waals surface area contributed by atoms with E-state index in [1.807, 2.05) is 10.8 Å². The van der Waals surface area contributed by atoms with Gasteiger partial charge in [-0.2, -0.15) is 0 Å². The summed E-state index contributed by atoms with van der Waals surface area (Å²) in [5, 5.41) is 11.3. The lowest BCUT2D eigenvalue weighted by molar-refractivity contribution is -0.129. The summed E-state index contributed by atoms with van der Waals surface area (Å²) in [5.41, 5.74) is 1.33. The van der Waals surface area contributed by atoms with Crippen LogP contribution in [0.4, 0.5) is 0 Å². The standard InChI is InChI=1S/C28H40N2O2/c1-27-11-9-22-21-10-13-28(32,12-8-19-2-3-19)16-20(21)4-5-23(22)24(27)6-7-25(27)26(31)17-30-15-14-29-18-30/h4,14-15,18-19,21-25,32H,2-3,5-13,16-17H2,1H3/t21-,22+,23+,24-,25+,27-,28+/m0/s1. The molecule has 32 heavy (non-hydrogen) atoms. The zero-order valence-electron chi connectivity index (χ0n) is 19.7. The minimum atomic E-state index is -0.431. The molecule has 1 N–H and O–H groups in total. The molecule has 4 fully saturated rings. The van der Waals surface area contributed by atoms with Gasteiger partial charge in [0.1, 0.15) is 0 Å². The second kappa shape index (κ2) is 7.82. The smallest absolute Gasteiger partial charge is 0.156 e. The van der Waals surface area contributed by atoms with Crippen LogP contribution in [0.15, 0.2) is 30.4 Å². The van der Waals surface area contributed by atoms with Gasteiger partial charge in [0.25, 0.3) is 0 Å². The zero-order valence-corrected chi connectivity index (χ0v) is 19.7. The largest absolute Gasteiger partial charge is 0.390 e. The monoisotopic (exact) mass is 436 g/mol. The van der Waals surface area contributed by atoms with Gasteiger partial charge in [-0.3, -0.25) is 4.79 Å². The lowest BCUT2D eigenvalue weighted by Crippen LogP contribution is -2.48. The van der Waals surface area contributed by atoms with Gasteiger partial charge in [0.05, 0.1) is 18.5 Å². The Kier molecular flexibility index (Phi) is 5.17. The normalized spacial score (nSPS) is 43.2. The number of rotatable bonds is 6. The van der Waals surface area contributed by atoms with Crippen LogP contribution in [-0.2, 0) is 11.3 Å². The lowest BCUT2D eigenvalue weighted by Gasteiger charge is -2.54. The summed E-state index contributed by atoms with van der Waals surface area (Å²) in [6, 6.07) is 0. The molecule has 174 valence electrons. The number of allylic oxidation sites excluding steroid dienone is 1. The minimum Gasteiger partial charge on any atom is -0.390 e. The van der Waals surface area contributed by atoms with E-state index in [4.69, 9.17) is 0 Å². The number of ketones is 1. The van der Waals surface area contributed by atoms with Gasteiger partial charge in [-0.15, -0.1) is 0 Å². The van der Waals surface area contributed by atoms with Crippen LogP contribution < -0.4 is 0 Å². The highest BCUT2D eigenvalue weighted by atomic mass is 16.3. The fourth-order valence-corrected chi connectivity index (χ4v) is 8.66. The average molecular weight is 437 g/mol. The van der Waals surface area contributed by atoms with Crippen LogP contribution in [-0.4, -0.2) is 26.0 Å². The summed E-state index contributed by atoms with van der Waals surface area (Å²) in [6.07, 6.45) is 22.1. The highest BCUT2D eigenvalue weighted by molar-refractivity contribution is 5.82. The van der Waals surface area contributed by atoms with Crippen molar-refractivity contribution in [2.45, 2.75) is 96.1 Å². The van der Waals surface area contributed by atoms with Crippen molar-refractivity contribution in [1.29, 1.82) is 0 Å². The molecule has 5 aliphatic carbocycles. The SMILES string of the molecule is C[C@]12CC[C@H]3[C@@H](CC=C4C[C@@](O)(CCC5CC5)CC[C@@H]43)[C@@H]1CC[C@@H]2C(=O)Cn1ccnc1. The van der Waals surface area contributed by atoms with Crippen molar-refractivity contribution in [3.05, 3.63) is 30.4 Å². The van der Waals surface area contributed by atoms with Gasteiger partial charge in [-0.1, -0.05) is 31.4 Å². The van der Waals surface area contributed by atoms with Crippen LogP contribution >= 0.6 is 0 Å². The second-order valence-electron chi connectivity index (χ2n) is 12.4. The summed E-state index contributed by atoms with van der Waals surface area (Å²) in [4.78, 5) is 17.4. The van der Waals surface area contributed by atoms with Crippen LogP contribution in [0.1, 0.15) is 84.0 Å². The Hall–Kier alpha value is -1.42. The molecule has 6 rings (SSSR count). The summed E-state index contributed by atoms with van der Waals surface area (Å²) in [6.45, 7) is 2.92. The molecule has 1 aromatic rings. The highest BCUT2D eigenvalue weighted by Crippen LogP contribution is 2.64. The molecule has 1 heterocycles. The third-order valence-corrected chi connectivity index (χ3v) is 10.6. The van der Waals surface area contributed by atoms with Crippen LogP contribution in [0.25, 0.3) is 0 Å². The first kappa shape index (κ1) is 21.1. The number of aromatic nitrogens is 2. The first-order valence-corrected chi connectivity index (χ1v) is 13.3. The summed E-state index contributed by atoms with van der Waals surface area (Å²) in [7, 11) is 0. The number of carbonyl (C=O) groups is 1. The molecule has 0 radical (unpaired) electrons. The van der Waals surface area contributed by atoms with E-state index >= 15 is 0 Å². The van der Waals surface area contributed by atoms with E-state index in [0.717, 1.165) is 43.4 Å². The molecule has 0 amide bonds. The molecule has 0 aromatic carbocycles. The van der Waals surface area contributed by atoms with Gasteiger partial charge < -0.3 is 9.67 Å². The number of nitrogens with zero attached hydrogens (tertiary/aromatic N) is 2. The molecule has 0 unspecified atom stereocenters. The number of fused-ring (bicyclic) bond motifs is 5. The predicted molar refractivity (Wildman–Crippen MR) is 125 cm³/mol. The molecule has 4 nitrogen and oxygen atoms in total. The van der Waals surface area contributed by atoms with E-state index in [2.05, 4.69) is 18.0 Å². The van der Waals surface area contributed by atoms with Gasteiger partial charge in [0, 0.05) is 18.3 Å². The van der Waals surface area contributed by atoms with Gasteiger partial charge in [0.15, 0.2) is 5.78 Å². The molecule has 0 aliphatic heterocycles. The van der Waals surface area contributed by atoms with Crippen molar-refractivity contribution >= 4 is 5.78 Å². The summed E-state index contributed by atoms with van der Waals surface area (Å²) >= 11 is 0. The molecular weight excluding hydrogens is 396 g/mol. The van der Waals surface area contributed by atoms with Crippen LogP contribution in [0.5, 0.6) is 0 Å². The Balaban J connectivity index is 1.16. The molecule has 0 spiro atoms. The molecule has 7 atom stereocenters. The molecule has 0 saturated heterocycles. The Morgan fingerprint density at radius 1 is 1.16 bits per heavy atom. The first-order valence-electron chi connectivity index (χ1n) is 13.3. The summed E-state index contributed by atoms with van der Waals surface area (Å²) in [5.74, 6) is 4.43. The number of hydrogen-bond donors (Lipinski definition) is 1. The maximum atomic E-state index is 13.3. The Morgan fingerprint density at radius 3 is 2.81 bits per heavy atom. The lowest BCUT2D eigenvalue weighted by atomic mass is 9.51. The van der Waals surface area contributed by atoms with Crippen LogP contribution in [0, 0.1) is 40.9 Å². The van der Waals surface area contributed by atoms with Gasteiger partial charge in [0.2, 0.25) is 0 Å². The first-order chi connectivity index (χ1) is 15.5. The van der Waals surface area contributed by atoms with Gasteiger partial charge >= 0.3 is 0 Å².